The number of amides is 4. The number of furan rings is 1. The fourth-order valence-electron chi connectivity index (χ4n) is 3.43. The lowest BCUT2D eigenvalue weighted by Gasteiger charge is -2.43. The van der Waals surface area contributed by atoms with E-state index in [1.807, 2.05) is 6.92 Å². The van der Waals surface area contributed by atoms with Crippen molar-refractivity contribution in [3.05, 3.63) is 24.2 Å². The number of carbonyl (C=O) groups excluding carboxylic acids is 5. The van der Waals surface area contributed by atoms with Crippen LogP contribution in [-0.2, 0) is 23.9 Å². The van der Waals surface area contributed by atoms with Gasteiger partial charge in [0.15, 0.2) is 0 Å². The topological polar surface area (TPSA) is 138 Å². The minimum absolute atomic E-state index is 0.0331. The van der Waals surface area contributed by atoms with E-state index >= 15 is 0 Å². The molecule has 2 fully saturated rings. The van der Waals surface area contributed by atoms with E-state index in [2.05, 4.69) is 10.6 Å². The summed E-state index contributed by atoms with van der Waals surface area (Å²) in [6.45, 7) is 3.32. The number of esters is 1. The van der Waals surface area contributed by atoms with E-state index in [0.29, 0.717) is 0 Å². The number of hydrogen-bond acceptors (Lipinski definition) is 9. The van der Waals surface area contributed by atoms with Crippen LogP contribution in [0, 0.1) is 0 Å². The molecule has 3 unspecified atom stereocenters. The van der Waals surface area contributed by atoms with Gasteiger partial charge >= 0.3 is 5.97 Å². The molecule has 4 amide bonds. The number of nitrogens with one attached hydrogen (secondary N) is 2. The second kappa shape index (κ2) is 8.53. The Morgan fingerprint density at radius 1 is 1.10 bits per heavy atom. The van der Waals surface area contributed by atoms with Gasteiger partial charge in [0.25, 0.3) is 0 Å². The van der Waals surface area contributed by atoms with Crippen LogP contribution in [0.1, 0.15) is 24.2 Å². The summed E-state index contributed by atoms with van der Waals surface area (Å²) in [5.41, 5.74) is 0.211. The standard InChI is InChI=1S/C18H22N4O7/c1-10(21-5-14(23)19-15(24)6-21)11(2)22-7-16(25)20-17(26)13(22)9-29-18(27)12-3-4-28-8-12/h3-4,8,10-11,13H,5-7,9H2,1-2H3,(H,19,23,24)(H,20,25,26). The zero-order valence-electron chi connectivity index (χ0n) is 16.0. The summed E-state index contributed by atoms with van der Waals surface area (Å²) in [4.78, 5) is 63.0. The first kappa shape index (κ1) is 20.7. The van der Waals surface area contributed by atoms with Crippen molar-refractivity contribution >= 4 is 29.6 Å². The van der Waals surface area contributed by atoms with Crippen LogP contribution in [0.25, 0.3) is 0 Å². The van der Waals surface area contributed by atoms with Crippen molar-refractivity contribution < 1.29 is 33.1 Å². The average molecular weight is 406 g/mol. The largest absolute Gasteiger partial charge is 0.472 e. The van der Waals surface area contributed by atoms with Gasteiger partial charge in [0.1, 0.15) is 18.9 Å². The van der Waals surface area contributed by atoms with E-state index in [1.165, 1.54) is 18.6 Å². The van der Waals surface area contributed by atoms with Crippen LogP contribution in [0.2, 0.25) is 0 Å². The van der Waals surface area contributed by atoms with E-state index in [9.17, 15) is 24.0 Å². The highest BCUT2D eigenvalue weighted by atomic mass is 16.5. The molecule has 11 nitrogen and oxygen atoms in total. The zero-order chi connectivity index (χ0) is 21.1. The SMILES string of the molecule is CC(C(C)N1CC(=O)NC(=O)C1COC(=O)c1ccoc1)N1CC(=O)NC(=O)C1. The summed E-state index contributed by atoms with van der Waals surface area (Å²) in [6.07, 6.45) is 2.56. The van der Waals surface area contributed by atoms with Crippen LogP contribution in [-0.4, -0.2) is 83.8 Å². The predicted octanol–water partition coefficient (Wildman–Crippen LogP) is -1.50. The highest BCUT2D eigenvalue weighted by Gasteiger charge is 2.41. The minimum atomic E-state index is -0.893. The molecule has 2 N–H and O–H groups in total. The Morgan fingerprint density at radius 3 is 2.38 bits per heavy atom. The fraction of sp³-hybridized carbons (Fsp3) is 0.500. The average Bonchev–Trinajstić information content (AvgIpc) is 3.19. The number of nitrogens with zero attached hydrogens (tertiary/aromatic N) is 2. The van der Waals surface area contributed by atoms with Gasteiger partial charge in [-0.15, -0.1) is 0 Å². The molecule has 0 aliphatic carbocycles. The molecule has 29 heavy (non-hydrogen) atoms. The molecular weight excluding hydrogens is 384 g/mol. The number of carbonyl (C=O) groups is 5. The van der Waals surface area contributed by atoms with Gasteiger partial charge in [0.05, 0.1) is 31.5 Å². The van der Waals surface area contributed by atoms with E-state index in [0.717, 1.165) is 0 Å². The maximum absolute atomic E-state index is 12.4. The van der Waals surface area contributed by atoms with E-state index in [1.54, 1.807) is 16.7 Å². The molecule has 2 saturated heterocycles. The monoisotopic (exact) mass is 406 g/mol. The first-order valence-electron chi connectivity index (χ1n) is 9.11. The van der Waals surface area contributed by atoms with Crippen LogP contribution in [0.4, 0.5) is 0 Å². The predicted molar refractivity (Wildman–Crippen MR) is 96.3 cm³/mol. The molecule has 1 aromatic rings. The third-order valence-corrected chi connectivity index (χ3v) is 5.19. The molecule has 11 heteroatoms. The Labute approximate surface area is 166 Å². The van der Waals surface area contributed by atoms with Crippen molar-refractivity contribution in [3.63, 3.8) is 0 Å². The van der Waals surface area contributed by atoms with Crippen LogP contribution in [0.5, 0.6) is 0 Å². The van der Waals surface area contributed by atoms with Gasteiger partial charge < -0.3 is 9.15 Å². The molecule has 3 rings (SSSR count). The molecule has 0 radical (unpaired) electrons. The van der Waals surface area contributed by atoms with Crippen molar-refractivity contribution in [1.82, 2.24) is 20.4 Å². The smallest absolute Gasteiger partial charge is 0.341 e. The summed E-state index contributed by atoms with van der Waals surface area (Å²) >= 11 is 0. The molecule has 0 bridgehead atoms. The fourth-order valence-corrected chi connectivity index (χ4v) is 3.43. The molecule has 0 spiro atoms. The molecule has 0 saturated carbocycles. The summed E-state index contributed by atoms with van der Waals surface area (Å²) < 4.78 is 10.1. The number of imide groups is 2. The third-order valence-electron chi connectivity index (χ3n) is 5.19. The van der Waals surface area contributed by atoms with Gasteiger partial charge in [-0.1, -0.05) is 0 Å². The maximum Gasteiger partial charge on any atom is 0.341 e. The number of ether oxygens (including phenoxy) is 1. The number of rotatable bonds is 6. The number of hydrogen-bond donors (Lipinski definition) is 2. The number of piperazine rings is 2. The van der Waals surface area contributed by atoms with E-state index in [4.69, 9.17) is 9.15 Å². The van der Waals surface area contributed by atoms with Gasteiger partial charge in [-0.3, -0.25) is 39.6 Å². The molecule has 2 aliphatic rings. The van der Waals surface area contributed by atoms with Gasteiger partial charge in [-0.25, -0.2) is 4.79 Å². The summed E-state index contributed by atoms with van der Waals surface area (Å²) in [5, 5.41) is 4.48. The molecule has 1 aromatic heterocycles. The van der Waals surface area contributed by atoms with Crippen LogP contribution in [0.3, 0.4) is 0 Å². The van der Waals surface area contributed by atoms with E-state index < -0.39 is 35.6 Å². The van der Waals surface area contributed by atoms with Gasteiger partial charge in [-0.05, 0) is 19.9 Å². The highest BCUT2D eigenvalue weighted by molar-refractivity contribution is 6.01. The van der Waals surface area contributed by atoms with Crippen LogP contribution >= 0.6 is 0 Å². The summed E-state index contributed by atoms with van der Waals surface area (Å²) in [6, 6.07) is -0.166. The summed E-state index contributed by atoms with van der Waals surface area (Å²) in [7, 11) is 0. The molecule has 156 valence electrons. The van der Waals surface area contributed by atoms with Crippen molar-refractivity contribution in [2.45, 2.75) is 32.0 Å². The van der Waals surface area contributed by atoms with Gasteiger partial charge in [0, 0.05) is 12.1 Å². The normalized spacial score (nSPS) is 23.3. The Morgan fingerprint density at radius 2 is 1.76 bits per heavy atom. The first-order chi connectivity index (χ1) is 13.8. The summed E-state index contributed by atoms with van der Waals surface area (Å²) in [5.74, 6) is -2.51. The highest BCUT2D eigenvalue weighted by Crippen LogP contribution is 2.18. The Bertz CT molecular complexity index is 806. The Hall–Kier alpha value is -3.05. The van der Waals surface area contributed by atoms with Gasteiger partial charge in [0.2, 0.25) is 23.6 Å². The van der Waals surface area contributed by atoms with Crippen molar-refractivity contribution in [3.8, 4) is 0 Å². The lowest BCUT2D eigenvalue weighted by molar-refractivity contribution is -0.146. The Kier molecular flexibility index (Phi) is 6.09. The van der Waals surface area contributed by atoms with Crippen molar-refractivity contribution in [1.29, 1.82) is 0 Å². The minimum Gasteiger partial charge on any atom is -0.472 e. The quantitative estimate of drug-likeness (QED) is 0.427. The zero-order valence-corrected chi connectivity index (χ0v) is 16.0. The first-order valence-corrected chi connectivity index (χ1v) is 9.11. The van der Waals surface area contributed by atoms with Crippen LogP contribution in [0.15, 0.2) is 23.0 Å². The second-order valence-corrected chi connectivity index (χ2v) is 7.07. The molecule has 3 atom stereocenters. The molecular formula is C18H22N4O7. The van der Waals surface area contributed by atoms with Gasteiger partial charge in [-0.2, -0.15) is 0 Å². The maximum atomic E-state index is 12.4. The lowest BCUT2D eigenvalue weighted by Crippen LogP contribution is -2.66. The molecule has 2 aliphatic heterocycles. The van der Waals surface area contributed by atoms with Crippen molar-refractivity contribution in [2.75, 3.05) is 26.2 Å². The lowest BCUT2D eigenvalue weighted by atomic mass is 10.0. The molecule has 3 heterocycles. The second-order valence-electron chi connectivity index (χ2n) is 7.07. The molecule has 0 aromatic carbocycles. The van der Waals surface area contributed by atoms with Crippen LogP contribution < -0.4 is 10.6 Å². The Balaban J connectivity index is 1.71. The van der Waals surface area contributed by atoms with E-state index in [-0.39, 0.29) is 43.9 Å². The van der Waals surface area contributed by atoms with Crippen molar-refractivity contribution in [2.24, 2.45) is 0 Å². The third kappa shape index (κ3) is 4.69.